The lowest BCUT2D eigenvalue weighted by atomic mass is 9.97. The molecule has 0 aliphatic heterocycles. The summed E-state index contributed by atoms with van der Waals surface area (Å²) in [5.74, 6) is 0. The van der Waals surface area contributed by atoms with Crippen molar-refractivity contribution in [1.82, 2.24) is 17.5 Å². The Kier molecular flexibility index (Phi) is 10.7. The lowest BCUT2D eigenvalue weighted by molar-refractivity contribution is 1.28. The number of hydrogen-bond donors (Lipinski definition) is 0. The van der Waals surface area contributed by atoms with Crippen LogP contribution < -0.4 is 9.80 Å². The average Bonchev–Trinajstić information content (AvgIpc) is 4.22. The fourth-order valence-corrected chi connectivity index (χ4v) is 10.9. The van der Waals surface area contributed by atoms with Gasteiger partial charge in [0, 0.05) is 61.3 Å². The Hall–Kier alpha value is -8.08. The highest BCUT2D eigenvalue weighted by Crippen LogP contribution is 2.43. The summed E-state index contributed by atoms with van der Waals surface area (Å²) in [7, 11) is 0. The van der Waals surface area contributed by atoms with Gasteiger partial charge in [0.05, 0.1) is 23.5 Å². The maximum absolute atomic E-state index is 4.77. The molecule has 0 N–H and O–H groups in total. The van der Waals surface area contributed by atoms with Crippen molar-refractivity contribution >= 4 is 91.0 Å². The van der Waals surface area contributed by atoms with Crippen molar-refractivity contribution in [3.05, 3.63) is 230 Å². The smallest absolute Gasteiger partial charge is 0.114 e. The van der Waals surface area contributed by atoms with Crippen LogP contribution in [0.15, 0.2) is 230 Å². The Morgan fingerprint density at radius 3 is 1.06 bits per heavy atom. The Morgan fingerprint density at radius 2 is 0.627 bits per heavy atom. The lowest BCUT2D eigenvalue weighted by Gasteiger charge is -2.27. The van der Waals surface area contributed by atoms with Gasteiger partial charge in [0.1, 0.15) is 22.1 Å². The lowest BCUT2D eigenvalue weighted by Crippen LogP contribution is -2.10. The predicted molar refractivity (Wildman–Crippen MR) is 283 cm³/mol. The summed E-state index contributed by atoms with van der Waals surface area (Å²) < 4.78 is 19.0. The molecular formula is C58H38N6S3. The molecule has 12 aromatic rings. The third kappa shape index (κ3) is 7.75. The second kappa shape index (κ2) is 17.7. The number of para-hydroxylation sites is 2. The van der Waals surface area contributed by atoms with Crippen LogP contribution in [0.3, 0.4) is 0 Å². The van der Waals surface area contributed by atoms with E-state index in [0.717, 1.165) is 106 Å². The summed E-state index contributed by atoms with van der Waals surface area (Å²) in [6, 6.07) is 79.7. The third-order valence-electron chi connectivity index (χ3n) is 12.1. The predicted octanol–water partition coefficient (Wildman–Crippen LogP) is 17.0. The van der Waals surface area contributed by atoms with Crippen molar-refractivity contribution in [2.24, 2.45) is 0 Å². The van der Waals surface area contributed by atoms with E-state index in [9.17, 15) is 0 Å². The van der Waals surface area contributed by atoms with E-state index in [1.807, 2.05) is 6.07 Å². The summed E-state index contributed by atoms with van der Waals surface area (Å²) in [6.45, 7) is 0. The zero-order chi connectivity index (χ0) is 44.5. The summed E-state index contributed by atoms with van der Waals surface area (Å²) in [6.07, 6.45) is 0. The van der Waals surface area contributed by atoms with Crippen molar-refractivity contribution in [3.8, 4) is 54.9 Å². The molecule has 0 fully saturated rings. The average molecular weight is 915 g/mol. The number of rotatable bonds is 11. The molecule has 0 radical (unpaired) electrons. The molecule has 0 spiro atoms. The van der Waals surface area contributed by atoms with Crippen LogP contribution in [0, 0.1) is 0 Å². The third-order valence-corrected chi connectivity index (χ3v) is 14.1. The first-order valence-corrected chi connectivity index (χ1v) is 24.3. The zero-order valence-corrected chi connectivity index (χ0v) is 38.3. The molecule has 3 heterocycles. The highest BCUT2D eigenvalue weighted by Gasteiger charge is 2.19. The minimum atomic E-state index is 0.919. The summed E-state index contributed by atoms with van der Waals surface area (Å²) in [5.41, 5.74) is 20.0. The molecular weight excluding hydrogens is 877 g/mol. The number of anilines is 6. The Morgan fingerprint density at radius 1 is 0.269 bits per heavy atom. The van der Waals surface area contributed by atoms with Crippen LogP contribution in [0.2, 0.25) is 0 Å². The van der Waals surface area contributed by atoms with Gasteiger partial charge in [-0.2, -0.15) is 17.5 Å². The van der Waals surface area contributed by atoms with E-state index in [1.54, 1.807) is 11.3 Å². The molecule has 0 aliphatic carbocycles. The fraction of sp³-hybridized carbons (Fsp3) is 0. The van der Waals surface area contributed by atoms with Gasteiger partial charge in [-0.3, -0.25) is 0 Å². The standard InChI is InChI=1S/C58H38N6S3/c1-4-13-39(14-5-1)50-32-33-51(56-55(50)59-66-60-56)40-24-28-46(29-25-40)63(44-17-6-2-7-18-44)48-21-10-15-42(37-48)43-16-11-22-49(38-43)64(45-19-8-3-9-20-45)47-30-26-41(27-31-47)52-34-35-53(54-23-12-36-65-54)58-57(52)61-67-62-58/h1-38H. The molecule has 6 nitrogen and oxygen atoms in total. The number of nitrogens with zero attached hydrogens (tertiary/aromatic N) is 6. The number of aromatic nitrogens is 4. The quantitative estimate of drug-likeness (QED) is 0.129. The van der Waals surface area contributed by atoms with Crippen molar-refractivity contribution in [3.63, 3.8) is 0 Å². The normalized spacial score (nSPS) is 11.3. The van der Waals surface area contributed by atoms with E-state index in [-0.39, 0.29) is 0 Å². The van der Waals surface area contributed by atoms with Crippen LogP contribution in [0.5, 0.6) is 0 Å². The second-order valence-corrected chi connectivity index (χ2v) is 18.1. The minimum absolute atomic E-state index is 0.919. The molecule has 0 bridgehead atoms. The second-order valence-electron chi connectivity index (χ2n) is 16.1. The Bertz CT molecular complexity index is 3630. The van der Waals surface area contributed by atoms with Crippen LogP contribution in [-0.4, -0.2) is 17.5 Å². The topological polar surface area (TPSA) is 58.0 Å². The van der Waals surface area contributed by atoms with E-state index in [0.29, 0.717) is 0 Å². The van der Waals surface area contributed by atoms with E-state index < -0.39 is 0 Å². The van der Waals surface area contributed by atoms with Gasteiger partial charge in [0.2, 0.25) is 0 Å². The first kappa shape index (κ1) is 40.4. The summed E-state index contributed by atoms with van der Waals surface area (Å²) >= 11 is 4.25. The van der Waals surface area contributed by atoms with Gasteiger partial charge >= 0.3 is 0 Å². The number of benzene rings is 9. The van der Waals surface area contributed by atoms with Gasteiger partial charge in [-0.25, -0.2) is 0 Å². The van der Waals surface area contributed by atoms with Gasteiger partial charge in [-0.1, -0.05) is 146 Å². The van der Waals surface area contributed by atoms with Crippen LogP contribution in [0.1, 0.15) is 0 Å². The molecule has 0 amide bonds. The molecule has 0 saturated carbocycles. The van der Waals surface area contributed by atoms with Crippen LogP contribution >= 0.6 is 34.8 Å². The number of hydrogen-bond acceptors (Lipinski definition) is 9. The van der Waals surface area contributed by atoms with E-state index in [2.05, 4.69) is 234 Å². The van der Waals surface area contributed by atoms with Crippen molar-refractivity contribution < 1.29 is 0 Å². The number of thiophene rings is 1. The van der Waals surface area contributed by atoms with Crippen LogP contribution in [0.25, 0.3) is 77.0 Å². The van der Waals surface area contributed by atoms with E-state index >= 15 is 0 Å². The van der Waals surface area contributed by atoms with E-state index in [1.165, 1.54) is 28.3 Å². The molecule has 9 heteroatoms. The maximum Gasteiger partial charge on any atom is 0.114 e. The molecule has 67 heavy (non-hydrogen) atoms. The van der Waals surface area contributed by atoms with Gasteiger partial charge in [0.25, 0.3) is 0 Å². The SMILES string of the molecule is c1ccc(-c2ccc(-c3ccc(N(c4ccccc4)c4cccc(-c5cccc(N(c6ccccc6)c6ccc(-c7ccc(-c8cccs8)c8nsnc78)cc6)c5)c4)cc3)c3nsnc23)cc1. The highest BCUT2D eigenvalue weighted by molar-refractivity contribution is 7.13. The van der Waals surface area contributed by atoms with Gasteiger partial charge < -0.3 is 9.80 Å². The first-order valence-electron chi connectivity index (χ1n) is 22.0. The first-order chi connectivity index (χ1) is 33.2. The molecule has 9 aromatic carbocycles. The number of fused-ring (bicyclic) bond motifs is 2. The molecule has 0 atom stereocenters. The van der Waals surface area contributed by atoms with Crippen LogP contribution in [-0.2, 0) is 0 Å². The Balaban J connectivity index is 0.875. The Labute approximate surface area is 400 Å². The minimum Gasteiger partial charge on any atom is -0.310 e. The molecule has 3 aromatic heterocycles. The molecule has 0 unspecified atom stereocenters. The molecule has 0 aliphatic rings. The van der Waals surface area contributed by atoms with Crippen molar-refractivity contribution in [1.29, 1.82) is 0 Å². The van der Waals surface area contributed by atoms with Gasteiger partial charge in [-0.05, 0) is 112 Å². The van der Waals surface area contributed by atoms with Gasteiger partial charge in [-0.15, -0.1) is 11.3 Å². The molecule has 0 saturated heterocycles. The highest BCUT2D eigenvalue weighted by atomic mass is 32.1. The molecule has 318 valence electrons. The fourth-order valence-electron chi connectivity index (χ4n) is 8.96. The molecule has 12 rings (SSSR count). The van der Waals surface area contributed by atoms with Crippen molar-refractivity contribution in [2.45, 2.75) is 0 Å². The zero-order valence-electron chi connectivity index (χ0n) is 35.8. The van der Waals surface area contributed by atoms with Crippen molar-refractivity contribution in [2.75, 3.05) is 9.80 Å². The summed E-state index contributed by atoms with van der Waals surface area (Å²) in [5, 5.41) is 2.10. The van der Waals surface area contributed by atoms with E-state index in [4.69, 9.17) is 17.5 Å². The largest absolute Gasteiger partial charge is 0.310 e. The summed E-state index contributed by atoms with van der Waals surface area (Å²) in [4.78, 5) is 5.84. The van der Waals surface area contributed by atoms with Crippen LogP contribution in [0.4, 0.5) is 34.1 Å². The maximum atomic E-state index is 4.77. The van der Waals surface area contributed by atoms with Gasteiger partial charge in [0.15, 0.2) is 0 Å². The monoisotopic (exact) mass is 914 g/mol.